The van der Waals surface area contributed by atoms with E-state index < -0.39 is 11.3 Å². The van der Waals surface area contributed by atoms with Crippen LogP contribution in [-0.4, -0.2) is 12.5 Å². The zero-order valence-electron chi connectivity index (χ0n) is 8.87. The molecule has 1 aliphatic carbocycles. The smallest absolute Gasteiger partial charge is 0.256 e. The van der Waals surface area contributed by atoms with Gasteiger partial charge in [-0.3, -0.25) is 0 Å². The number of benzene rings is 1. The first-order chi connectivity index (χ1) is 7.43. The van der Waals surface area contributed by atoms with Crippen LogP contribution in [0.2, 0.25) is 0 Å². The summed E-state index contributed by atoms with van der Waals surface area (Å²) in [7, 11) is 0. The van der Waals surface area contributed by atoms with Crippen molar-refractivity contribution in [2.45, 2.75) is 24.2 Å². The van der Waals surface area contributed by atoms with Crippen LogP contribution < -0.4 is 5.73 Å². The molecule has 88 valence electrons. The molecular formula is C11H13F2NOS. The zero-order valence-corrected chi connectivity index (χ0v) is 9.69. The van der Waals surface area contributed by atoms with Crippen LogP contribution in [0.5, 0.6) is 0 Å². The molecule has 1 aromatic rings. The summed E-state index contributed by atoms with van der Waals surface area (Å²) in [5, 5.41) is 0. The number of nitrogen functional groups attached to an aromatic ring is 1. The average Bonchev–Trinajstić information content (AvgIpc) is 2.69. The van der Waals surface area contributed by atoms with Gasteiger partial charge in [0.15, 0.2) is 0 Å². The van der Waals surface area contributed by atoms with Gasteiger partial charge in [0.05, 0.1) is 12.0 Å². The minimum Gasteiger partial charge on any atom is -0.399 e. The summed E-state index contributed by atoms with van der Waals surface area (Å²) in [6.45, 7) is 1.60. The maximum atomic E-state index is 12.9. The predicted molar refractivity (Wildman–Crippen MR) is 60.3 cm³/mol. The average molecular weight is 245 g/mol. The first kappa shape index (κ1) is 11.7. The third-order valence-corrected chi connectivity index (χ3v) is 3.48. The summed E-state index contributed by atoms with van der Waals surface area (Å²) < 4.78 is 30.9. The lowest BCUT2D eigenvalue weighted by molar-refractivity contribution is 0.0536. The van der Waals surface area contributed by atoms with Crippen molar-refractivity contribution in [1.29, 1.82) is 0 Å². The summed E-state index contributed by atoms with van der Waals surface area (Å²) in [5.41, 5.74) is 5.21. The molecule has 0 unspecified atom stereocenters. The second kappa shape index (κ2) is 3.89. The molecule has 1 atom stereocenters. The highest BCUT2D eigenvalue weighted by atomic mass is 32.2. The predicted octanol–water partition coefficient (Wildman–Crippen LogP) is 3.34. The van der Waals surface area contributed by atoms with Gasteiger partial charge < -0.3 is 9.92 Å². The molecule has 0 aliphatic heterocycles. The second-order valence-corrected chi connectivity index (χ2v) is 5.23. The largest absolute Gasteiger partial charge is 0.399 e. The van der Waals surface area contributed by atoms with Gasteiger partial charge in [0, 0.05) is 29.0 Å². The number of nitrogens with two attached hydrogens (primary N) is 1. The Morgan fingerprint density at radius 2 is 1.94 bits per heavy atom. The van der Waals surface area contributed by atoms with Crippen molar-refractivity contribution in [2.24, 2.45) is 5.41 Å². The highest BCUT2D eigenvalue weighted by Crippen LogP contribution is 2.60. The normalized spacial score (nSPS) is 26.7. The van der Waals surface area contributed by atoms with E-state index in [0.29, 0.717) is 5.69 Å². The molecule has 1 aliphatic rings. The molecule has 0 heterocycles. The molecular weight excluding hydrogens is 232 g/mol. The van der Waals surface area contributed by atoms with Crippen LogP contribution in [0.1, 0.15) is 13.3 Å². The van der Waals surface area contributed by atoms with E-state index in [1.165, 1.54) is 6.92 Å². The quantitative estimate of drug-likeness (QED) is 0.652. The lowest BCUT2D eigenvalue weighted by atomic mass is 10.2. The van der Waals surface area contributed by atoms with Crippen LogP contribution in [0.4, 0.5) is 14.5 Å². The van der Waals surface area contributed by atoms with E-state index in [4.69, 9.17) is 9.92 Å². The monoisotopic (exact) mass is 245 g/mol. The standard InChI is InChI=1S/C11H13F2NOS/c1-10(6-11(10,12)13)7-15-16-9-4-2-8(14)3-5-9/h2-5H,6-7,14H2,1H3/t10-/m0/s1. The Morgan fingerprint density at radius 3 is 2.44 bits per heavy atom. The number of halogens is 2. The van der Waals surface area contributed by atoms with Gasteiger partial charge in [0.2, 0.25) is 0 Å². The number of anilines is 1. The third-order valence-electron chi connectivity index (χ3n) is 2.78. The van der Waals surface area contributed by atoms with Crippen molar-refractivity contribution >= 4 is 17.7 Å². The van der Waals surface area contributed by atoms with Crippen molar-refractivity contribution in [3.05, 3.63) is 24.3 Å². The van der Waals surface area contributed by atoms with Crippen LogP contribution in [0.3, 0.4) is 0 Å². The van der Waals surface area contributed by atoms with Crippen molar-refractivity contribution in [3.8, 4) is 0 Å². The second-order valence-electron chi connectivity index (χ2n) is 4.36. The topological polar surface area (TPSA) is 35.2 Å². The summed E-state index contributed by atoms with van der Waals surface area (Å²) in [6, 6.07) is 7.10. The lowest BCUT2D eigenvalue weighted by Crippen LogP contribution is -2.12. The van der Waals surface area contributed by atoms with Crippen LogP contribution in [0.25, 0.3) is 0 Å². The van der Waals surface area contributed by atoms with Crippen LogP contribution in [0.15, 0.2) is 29.2 Å². The molecule has 1 aromatic carbocycles. The molecule has 0 radical (unpaired) electrons. The Hall–Kier alpha value is -0.810. The van der Waals surface area contributed by atoms with Crippen molar-refractivity contribution in [3.63, 3.8) is 0 Å². The maximum Gasteiger partial charge on any atom is 0.256 e. The summed E-state index contributed by atoms with van der Waals surface area (Å²) >= 11 is 1.11. The van der Waals surface area contributed by atoms with Crippen LogP contribution >= 0.6 is 12.0 Å². The first-order valence-electron chi connectivity index (χ1n) is 4.96. The number of alkyl halides is 2. The summed E-state index contributed by atoms with van der Waals surface area (Å²) in [4.78, 5) is 0.863. The van der Waals surface area contributed by atoms with Gasteiger partial charge in [0.1, 0.15) is 0 Å². The van der Waals surface area contributed by atoms with E-state index in [1.54, 1.807) is 24.3 Å². The van der Waals surface area contributed by atoms with Gasteiger partial charge in [0.25, 0.3) is 5.92 Å². The molecule has 2 N–H and O–H groups in total. The van der Waals surface area contributed by atoms with E-state index in [0.717, 1.165) is 16.9 Å². The first-order valence-corrected chi connectivity index (χ1v) is 5.70. The van der Waals surface area contributed by atoms with E-state index in [9.17, 15) is 8.78 Å². The van der Waals surface area contributed by atoms with Crippen molar-refractivity contribution in [2.75, 3.05) is 12.3 Å². The Bertz CT molecular complexity index is 382. The fourth-order valence-corrected chi connectivity index (χ4v) is 2.06. The van der Waals surface area contributed by atoms with E-state index in [1.807, 2.05) is 0 Å². The number of hydrogen-bond acceptors (Lipinski definition) is 3. The Morgan fingerprint density at radius 1 is 1.38 bits per heavy atom. The van der Waals surface area contributed by atoms with Crippen LogP contribution in [0, 0.1) is 5.41 Å². The van der Waals surface area contributed by atoms with Gasteiger partial charge in [-0.25, -0.2) is 8.78 Å². The molecule has 1 saturated carbocycles. The lowest BCUT2D eigenvalue weighted by Gasteiger charge is -2.09. The van der Waals surface area contributed by atoms with Gasteiger partial charge in [-0.15, -0.1) is 0 Å². The molecule has 0 spiro atoms. The highest BCUT2D eigenvalue weighted by molar-refractivity contribution is 7.94. The maximum absolute atomic E-state index is 12.9. The van der Waals surface area contributed by atoms with Gasteiger partial charge in [-0.05, 0) is 24.3 Å². The van der Waals surface area contributed by atoms with E-state index in [-0.39, 0.29) is 13.0 Å². The molecule has 2 rings (SSSR count). The molecule has 16 heavy (non-hydrogen) atoms. The van der Waals surface area contributed by atoms with Gasteiger partial charge in [-0.1, -0.05) is 6.92 Å². The molecule has 1 fully saturated rings. The van der Waals surface area contributed by atoms with E-state index >= 15 is 0 Å². The van der Waals surface area contributed by atoms with Crippen LogP contribution in [-0.2, 0) is 4.18 Å². The highest BCUT2D eigenvalue weighted by Gasteiger charge is 2.68. The Labute approximate surface area is 97.4 Å². The summed E-state index contributed by atoms with van der Waals surface area (Å²) in [5.74, 6) is -2.56. The van der Waals surface area contributed by atoms with Crippen molar-refractivity contribution < 1.29 is 13.0 Å². The molecule has 0 aromatic heterocycles. The molecule has 2 nitrogen and oxygen atoms in total. The summed E-state index contributed by atoms with van der Waals surface area (Å²) in [6.07, 6.45) is -0.0811. The third kappa shape index (κ3) is 2.30. The SMILES string of the molecule is C[C@@]1(COSc2ccc(N)cc2)CC1(F)F. The number of hydrogen-bond donors (Lipinski definition) is 1. The van der Waals surface area contributed by atoms with Gasteiger partial charge in [-0.2, -0.15) is 0 Å². The number of rotatable bonds is 4. The van der Waals surface area contributed by atoms with E-state index in [2.05, 4.69) is 0 Å². The molecule has 0 saturated heterocycles. The molecule has 0 amide bonds. The van der Waals surface area contributed by atoms with Gasteiger partial charge >= 0.3 is 0 Å². The Balaban J connectivity index is 1.79. The minimum absolute atomic E-state index is 0.0645. The zero-order chi connectivity index (χ0) is 11.8. The molecule has 5 heteroatoms. The molecule has 0 bridgehead atoms. The Kier molecular flexibility index (Phi) is 2.84. The minimum atomic E-state index is -2.56. The fourth-order valence-electron chi connectivity index (χ4n) is 1.35. The van der Waals surface area contributed by atoms with Crippen molar-refractivity contribution in [1.82, 2.24) is 0 Å². The fraction of sp³-hybridized carbons (Fsp3) is 0.455.